The number of nitrogens with two attached hydrogens (primary N) is 1. The molecule has 0 fully saturated rings. The lowest BCUT2D eigenvalue weighted by atomic mass is 10.2. The van der Waals surface area contributed by atoms with Crippen LogP contribution in [-0.2, 0) is 0 Å². The van der Waals surface area contributed by atoms with Gasteiger partial charge in [0.15, 0.2) is 0 Å². The van der Waals surface area contributed by atoms with Crippen LogP contribution in [0, 0.1) is 0 Å². The zero-order chi connectivity index (χ0) is 14.8. The number of hydrogen-bond donors (Lipinski definition) is 2. The molecule has 0 aliphatic carbocycles. The van der Waals surface area contributed by atoms with Gasteiger partial charge in [0, 0.05) is 5.39 Å². The number of rotatable bonds is 3. The number of aromatic nitrogens is 1. The molecular weight excluding hydrogens is 268 g/mol. The highest BCUT2D eigenvalue weighted by Gasteiger charge is 2.08. The maximum Gasteiger partial charge on any atom is 0.335 e. The maximum atomic E-state index is 10.9. The fourth-order valence-electron chi connectivity index (χ4n) is 2.01. The van der Waals surface area contributed by atoms with E-state index in [1.807, 2.05) is 30.3 Å². The Labute approximate surface area is 120 Å². The van der Waals surface area contributed by atoms with E-state index in [9.17, 15) is 4.79 Å². The second-order valence-corrected chi connectivity index (χ2v) is 4.52. The number of carbonyl (C=O) groups is 1. The van der Waals surface area contributed by atoms with E-state index in [1.54, 1.807) is 6.20 Å². The minimum Gasteiger partial charge on any atom is -0.478 e. The Balaban J connectivity index is 1.93. The van der Waals surface area contributed by atoms with Crippen LogP contribution in [-0.4, -0.2) is 16.1 Å². The van der Waals surface area contributed by atoms with E-state index in [0.717, 1.165) is 10.9 Å². The maximum absolute atomic E-state index is 10.9. The van der Waals surface area contributed by atoms with Crippen LogP contribution in [0.1, 0.15) is 10.4 Å². The molecule has 0 aliphatic heterocycles. The first-order valence-electron chi connectivity index (χ1n) is 6.29. The van der Waals surface area contributed by atoms with Gasteiger partial charge in [-0.2, -0.15) is 0 Å². The van der Waals surface area contributed by atoms with Gasteiger partial charge in [0.05, 0.1) is 23.0 Å². The second kappa shape index (κ2) is 5.13. The van der Waals surface area contributed by atoms with Gasteiger partial charge in [-0.05, 0) is 30.3 Å². The molecule has 2 aromatic carbocycles. The third-order valence-corrected chi connectivity index (χ3v) is 3.05. The van der Waals surface area contributed by atoms with Crippen LogP contribution in [0.15, 0.2) is 54.7 Å². The quantitative estimate of drug-likeness (QED) is 0.719. The van der Waals surface area contributed by atoms with Gasteiger partial charge < -0.3 is 15.6 Å². The summed E-state index contributed by atoms with van der Waals surface area (Å²) in [5.41, 5.74) is 7.07. The SMILES string of the molecule is Nc1cc(C(=O)O)ccc1Oc1cnc2ccccc2c1. The normalized spacial score (nSPS) is 10.5. The molecule has 1 aromatic heterocycles. The van der Waals surface area contributed by atoms with Crippen LogP contribution in [0.4, 0.5) is 5.69 Å². The first-order valence-corrected chi connectivity index (χ1v) is 6.29. The molecule has 3 aromatic rings. The number of nitrogen functional groups attached to an aromatic ring is 1. The van der Waals surface area contributed by atoms with E-state index >= 15 is 0 Å². The first-order chi connectivity index (χ1) is 10.1. The molecule has 3 N–H and O–H groups in total. The number of anilines is 1. The number of carboxylic acid groups (broad SMARTS) is 1. The molecule has 1 heterocycles. The molecule has 0 radical (unpaired) electrons. The average Bonchev–Trinajstić information content (AvgIpc) is 2.49. The molecule has 21 heavy (non-hydrogen) atoms. The average molecular weight is 280 g/mol. The van der Waals surface area contributed by atoms with E-state index < -0.39 is 5.97 Å². The first kappa shape index (κ1) is 12.9. The number of aromatic carboxylic acids is 1. The molecule has 0 saturated carbocycles. The van der Waals surface area contributed by atoms with E-state index in [0.29, 0.717) is 11.5 Å². The third kappa shape index (κ3) is 2.62. The van der Waals surface area contributed by atoms with Crippen molar-refractivity contribution in [2.45, 2.75) is 0 Å². The van der Waals surface area contributed by atoms with Crippen molar-refractivity contribution >= 4 is 22.6 Å². The summed E-state index contributed by atoms with van der Waals surface area (Å²) in [5.74, 6) is -0.0822. The summed E-state index contributed by atoms with van der Waals surface area (Å²) in [6, 6.07) is 13.9. The molecule has 0 atom stereocenters. The fraction of sp³-hybridized carbons (Fsp3) is 0. The van der Waals surface area contributed by atoms with Crippen molar-refractivity contribution in [3.63, 3.8) is 0 Å². The lowest BCUT2D eigenvalue weighted by molar-refractivity contribution is 0.0697. The second-order valence-electron chi connectivity index (χ2n) is 4.52. The van der Waals surface area contributed by atoms with E-state index in [-0.39, 0.29) is 11.3 Å². The highest BCUT2D eigenvalue weighted by molar-refractivity contribution is 5.89. The minimum absolute atomic E-state index is 0.122. The van der Waals surface area contributed by atoms with E-state index in [2.05, 4.69) is 4.98 Å². The van der Waals surface area contributed by atoms with Crippen molar-refractivity contribution in [1.82, 2.24) is 4.98 Å². The Kier molecular flexibility index (Phi) is 3.16. The van der Waals surface area contributed by atoms with Crippen molar-refractivity contribution in [1.29, 1.82) is 0 Å². The van der Waals surface area contributed by atoms with Crippen molar-refractivity contribution in [3.8, 4) is 11.5 Å². The number of benzene rings is 2. The number of nitrogens with zero attached hydrogens (tertiary/aromatic N) is 1. The largest absolute Gasteiger partial charge is 0.478 e. The Morgan fingerprint density at radius 3 is 2.71 bits per heavy atom. The summed E-state index contributed by atoms with van der Waals surface area (Å²) in [7, 11) is 0. The summed E-state index contributed by atoms with van der Waals surface area (Å²) >= 11 is 0. The molecule has 0 amide bonds. The highest BCUT2D eigenvalue weighted by Crippen LogP contribution is 2.29. The van der Waals surface area contributed by atoms with Crippen molar-refractivity contribution < 1.29 is 14.6 Å². The van der Waals surface area contributed by atoms with Crippen LogP contribution in [0.3, 0.4) is 0 Å². The third-order valence-electron chi connectivity index (χ3n) is 3.05. The Bertz CT molecular complexity index is 831. The molecule has 0 unspecified atom stereocenters. The van der Waals surface area contributed by atoms with Gasteiger partial charge in [0.25, 0.3) is 0 Å². The monoisotopic (exact) mass is 280 g/mol. The Morgan fingerprint density at radius 1 is 1.14 bits per heavy atom. The smallest absolute Gasteiger partial charge is 0.335 e. The highest BCUT2D eigenvalue weighted by atomic mass is 16.5. The summed E-state index contributed by atoms with van der Waals surface area (Å²) < 4.78 is 5.67. The lowest BCUT2D eigenvalue weighted by Gasteiger charge is -2.09. The number of fused-ring (bicyclic) bond motifs is 1. The summed E-state index contributed by atoms with van der Waals surface area (Å²) in [6.45, 7) is 0. The number of hydrogen-bond acceptors (Lipinski definition) is 4. The number of para-hydroxylation sites is 1. The van der Waals surface area contributed by atoms with Gasteiger partial charge in [-0.1, -0.05) is 18.2 Å². The molecular formula is C16H12N2O3. The topological polar surface area (TPSA) is 85.4 Å². The van der Waals surface area contributed by atoms with Gasteiger partial charge in [-0.3, -0.25) is 4.98 Å². The van der Waals surface area contributed by atoms with Crippen molar-refractivity contribution in [3.05, 3.63) is 60.3 Å². The standard InChI is InChI=1S/C16H12N2O3/c17-13-8-11(16(19)20)5-6-15(13)21-12-7-10-3-1-2-4-14(10)18-9-12/h1-9H,17H2,(H,19,20). The molecule has 0 aliphatic rings. The number of carboxylic acids is 1. The molecule has 104 valence electrons. The molecule has 0 saturated heterocycles. The predicted octanol–water partition coefficient (Wildman–Crippen LogP) is 3.31. The molecule has 5 nitrogen and oxygen atoms in total. The molecule has 5 heteroatoms. The van der Waals surface area contributed by atoms with Crippen LogP contribution < -0.4 is 10.5 Å². The molecule has 0 bridgehead atoms. The zero-order valence-electron chi connectivity index (χ0n) is 11.0. The Morgan fingerprint density at radius 2 is 1.95 bits per heavy atom. The Hall–Kier alpha value is -3.08. The predicted molar refractivity (Wildman–Crippen MR) is 79.6 cm³/mol. The summed E-state index contributed by atoms with van der Waals surface area (Å²) in [4.78, 5) is 15.2. The van der Waals surface area contributed by atoms with Gasteiger partial charge in [-0.15, -0.1) is 0 Å². The minimum atomic E-state index is -1.03. The summed E-state index contributed by atoms with van der Waals surface area (Å²) in [5, 5.41) is 9.86. The van der Waals surface area contributed by atoms with Gasteiger partial charge >= 0.3 is 5.97 Å². The van der Waals surface area contributed by atoms with E-state index in [4.69, 9.17) is 15.6 Å². The van der Waals surface area contributed by atoms with Crippen molar-refractivity contribution in [2.75, 3.05) is 5.73 Å². The molecule has 3 rings (SSSR count). The van der Waals surface area contributed by atoms with Gasteiger partial charge in [0.1, 0.15) is 11.5 Å². The molecule has 0 spiro atoms. The van der Waals surface area contributed by atoms with Crippen LogP contribution in [0.5, 0.6) is 11.5 Å². The summed E-state index contributed by atoms with van der Waals surface area (Å²) in [6.07, 6.45) is 1.60. The lowest BCUT2D eigenvalue weighted by Crippen LogP contribution is -1.99. The van der Waals surface area contributed by atoms with Gasteiger partial charge in [0.2, 0.25) is 0 Å². The van der Waals surface area contributed by atoms with E-state index in [1.165, 1.54) is 18.2 Å². The van der Waals surface area contributed by atoms with Crippen LogP contribution >= 0.6 is 0 Å². The van der Waals surface area contributed by atoms with Crippen molar-refractivity contribution in [2.24, 2.45) is 0 Å². The zero-order valence-corrected chi connectivity index (χ0v) is 11.0. The van der Waals surface area contributed by atoms with Crippen LogP contribution in [0.25, 0.3) is 10.9 Å². The van der Waals surface area contributed by atoms with Gasteiger partial charge in [-0.25, -0.2) is 4.79 Å². The number of ether oxygens (including phenoxy) is 1. The fourth-order valence-corrected chi connectivity index (χ4v) is 2.01. The van der Waals surface area contributed by atoms with Crippen LogP contribution in [0.2, 0.25) is 0 Å². The number of pyridine rings is 1.